The summed E-state index contributed by atoms with van der Waals surface area (Å²) in [6.07, 6.45) is 1.52. The highest BCUT2D eigenvalue weighted by atomic mass is 32.1. The molecule has 0 radical (unpaired) electrons. The van der Waals surface area contributed by atoms with E-state index in [1.165, 1.54) is 18.4 Å². The largest absolute Gasteiger partial charge is 0.465 e. The SMILES string of the molecule is COC(=O)c1sc(C2(OC)CCOCC2)nc1C. The molecule has 0 unspecified atom stereocenters. The Morgan fingerprint density at radius 3 is 2.61 bits per heavy atom. The first-order valence-corrected chi connectivity index (χ1v) is 6.64. The highest BCUT2D eigenvalue weighted by Crippen LogP contribution is 2.38. The van der Waals surface area contributed by atoms with Crippen LogP contribution >= 0.6 is 11.3 Å². The molecule has 0 spiro atoms. The number of thiazole rings is 1. The van der Waals surface area contributed by atoms with Gasteiger partial charge in [-0.05, 0) is 6.92 Å². The molecule has 0 bridgehead atoms. The Hall–Kier alpha value is -0.980. The van der Waals surface area contributed by atoms with Gasteiger partial charge in [0.25, 0.3) is 0 Å². The van der Waals surface area contributed by atoms with E-state index < -0.39 is 5.60 Å². The summed E-state index contributed by atoms with van der Waals surface area (Å²) >= 11 is 1.36. The number of rotatable bonds is 3. The van der Waals surface area contributed by atoms with Gasteiger partial charge in [0.2, 0.25) is 0 Å². The summed E-state index contributed by atoms with van der Waals surface area (Å²) in [5, 5.41) is 0.839. The number of aromatic nitrogens is 1. The van der Waals surface area contributed by atoms with E-state index in [0.717, 1.165) is 17.8 Å². The lowest BCUT2D eigenvalue weighted by Gasteiger charge is -2.33. The Morgan fingerprint density at radius 2 is 2.06 bits per heavy atom. The van der Waals surface area contributed by atoms with Crippen LogP contribution in [0.5, 0.6) is 0 Å². The third-order valence-corrected chi connectivity index (χ3v) is 4.57. The lowest BCUT2D eigenvalue weighted by atomic mass is 9.95. The van der Waals surface area contributed by atoms with Gasteiger partial charge in [-0.3, -0.25) is 0 Å². The van der Waals surface area contributed by atoms with Gasteiger partial charge < -0.3 is 14.2 Å². The maximum atomic E-state index is 11.6. The van der Waals surface area contributed by atoms with Crippen molar-refractivity contribution in [1.82, 2.24) is 4.98 Å². The van der Waals surface area contributed by atoms with Crippen molar-refractivity contribution in [3.05, 3.63) is 15.6 Å². The molecule has 0 atom stereocenters. The van der Waals surface area contributed by atoms with E-state index in [9.17, 15) is 4.79 Å². The van der Waals surface area contributed by atoms with Crippen molar-refractivity contribution >= 4 is 17.3 Å². The second-order valence-corrected chi connectivity index (χ2v) is 5.23. The summed E-state index contributed by atoms with van der Waals surface area (Å²) in [6.45, 7) is 3.12. The molecular formula is C12H17NO4S. The summed E-state index contributed by atoms with van der Waals surface area (Å²) in [5.41, 5.74) is 0.282. The van der Waals surface area contributed by atoms with Gasteiger partial charge in [-0.15, -0.1) is 11.3 Å². The number of methoxy groups -OCH3 is 2. The Bertz CT molecular complexity index is 437. The Balaban J connectivity index is 2.34. The minimum atomic E-state index is -0.417. The van der Waals surface area contributed by atoms with Crippen LogP contribution < -0.4 is 0 Å². The number of esters is 1. The molecule has 6 heteroatoms. The highest BCUT2D eigenvalue weighted by molar-refractivity contribution is 7.13. The fourth-order valence-corrected chi connectivity index (χ4v) is 3.29. The summed E-state index contributed by atoms with van der Waals surface area (Å²) in [7, 11) is 3.06. The number of ether oxygens (including phenoxy) is 3. The van der Waals surface area contributed by atoms with E-state index in [-0.39, 0.29) is 5.97 Å². The number of nitrogens with zero attached hydrogens (tertiary/aromatic N) is 1. The van der Waals surface area contributed by atoms with Crippen molar-refractivity contribution in [2.45, 2.75) is 25.4 Å². The second kappa shape index (κ2) is 5.34. The van der Waals surface area contributed by atoms with Gasteiger partial charge in [0.1, 0.15) is 15.5 Å². The van der Waals surface area contributed by atoms with Crippen LogP contribution in [0.25, 0.3) is 0 Å². The lowest BCUT2D eigenvalue weighted by Crippen LogP contribution is -2.35. The van der Waals surface area contributed by atoms with Crippen molar-refractivity contribution in [2.24, 2.45) is 0 Å². The first-order valence-electron chi connectivity index (χ1n) is 5.82. The Morgan fingerprint density at radius 1 is 1.39 bits per heavy atom. The van der Waals surface area contributed by atoms with Crippen LogP contribution in [0.3, 0.4) is 0 Å². The first kappa shape index (κ1) is 13.5. The topological polar surface area (TPSA) is 57.7 Å². The van der Waals surface area contributed by atoms with Gasteiger partial charge in [-0.2, -0.15) is 0 Å². The molecule has 1 aromatic heterocycles. The molecule has 1 aliphatic rings. The minimum Gasteiger partial charge on any atom is -0.465 e. The minimum absolute atomic E-state index is 0.338. The molecule has 0 N–H and O–H groups in total. The molecule has 0 aliphatic carbocycles. The summed E-state index contributed by atoms with van der Waals surface area (Å²) in [5.74, 6) is -0.338. The Labute approximate surface area is 110 Å². The smallest absolute Gasteiger partial charge is 0.349 e. The van der Waals surface area contributed by atoms with E-state index in [0.29, 0.717) is 23.8 Å². The first-order chi connectivity index (χ1) is 8.63. The summed E-state index contributed by atoms with van der Waals surface area (Å²) in [6, 6.07) is 0. The van der Waals surface area contributed by atoms with Crippen LogP contribution in [-0.4, -0.2) is 38.4 Å². The van der Waals surface area contributed by atoms with E-state index >= 15 is 0 Å². The van der Waals surface area contributed by atoms with E-state index in [4.69, 9.17) is 14.2 Å². The van der Waals surface area contributed by atoms with E-state index in [1.807, 2.05) is 6.92 Å². The van der Waals surface area contributed by atoms with Crippen molar-refractivity contribution < 1.29 is 19.0 Å². The van der Waals surface area contributed by atoms with Crippen LogP contribution in [0.2, 0.25) is 0 Å². The number of carbonyl (C=O) groups excluding carboxylic acids is 1. The molecule has 2 rings (SSSR count). The maximum absolute atomic E-state index is 11.6. The fraction of sp³-hybridized carbons (Fsp3) is 0.667. The zero-order valence-electron chi connectivity index (χ0n) is 10.8. The molecule has 18 heavy (non-hydrogen) atoms. The molecule has 0 amide bonds. The van der Waals surface area contributed by atoms with Crippen molar-refractivity contribution in [3.63, 3.8) is 0 Å². The number of aryl methyl sites for hydroxylation is 1. The zero-order chi connectivity index (χ0) is 13.2. The molecule has 1 aliphatic heterocycles. The molecule has 5 nitrogen and oxygen atoms in total. The third kappa shape index (κ3) is 2.28. The van der Waals surface area contributed by atoms with Crippen LogP contribution in [0.15, 0.2) is 0 Å². The molecule has 1 saturated heterocycles. The highest BCUT2D eigenvalue weighted by Gasteiger charge is 2.38. The standard InChI is InChI=1S/C12H17NO4S/c1-8-9(10(14)15-2)18-11(13-8)12(16-3)4-6-17-7-5-12/h4-7H2,1-3H3. The maximum Gasteiger partial charge on any atom is 0.349 e. The molecule has 0 saturated carbocycles. The van der Waals surface area contributed by atoms with Crippen molar-refractivity contribution in [1.29, 1.82) is 0 Å². The summed E-state index contributed by atoms with van der Waals surface area (Å²) in [4.78, 5) is 16.6. The predicted octanol–water partition coefficient (Wildman–Crippen LogP) is 1.89. The number of hydrogen-bond acceptors (Lipinski definition) is 6. The monoisotopic (exact) mass is 271 g/mol. The van der Waals surface area contributed by atoms with Crippen molar-refractivity contribution in [2.75, 3.05) is 27.4 Å². The van der Waals surface area contributed by atoms with E-state index in [2.05, 4.69) is 4.98 Å². The van der Waals surface area contributed by atoms with Crippen LogP contribution in [0.4, 0.5) is 0 Å². The van der Waals surface area contributed by atoms with E-state index in [1.54, 1.807) is 7.11 Å². The Kier molecular flexibility index (Phi) is 3.99. The summed E-state index contributed by atoms with van der Waals surface area (Å²) < 4.78 is 15.8. The van der Waals surface area contributed by atoms with Gasteiger partial charge in [-0.1, -0.05) is 0 Å². The normalized spacial score (nSPS) is 18.6. The zero-order valence-corrected chi connectivity index (χ0v) is 11.6. The molecular weight excluding hydrogens is 254 g/mol. The molecule has 2 heterocycles. The molecule has 100 valence electrons. The van der Waals surface area contributed by atoms with Crippen LogP contribution in [0.1, 0.15) is 33.2 Å². The average Bonchev–Trinajstić information content (AvgIpc) is 2.81. The number of hydrogen-bond donors (Lipinski definition) is 0. The second-order valence-electron chi connectivity index (χ2n) is 4.24. The quantitative estimate of drug-likeness (QED) is 0.786. The molecule has 1 aromatic rings. The van der Waals surface area contributed by atoms with Gasteiger partial charge in [0.05, 0.1) is 12.8 Å². The lowest BCUT2D eigenvalue weighted by molar-refractivity contribution is -0.0948. The van der Waals surface area contributed by atoms with Gasteiger partial charge in [0.15, 0.2) is 0 Å². The predicted molar refractivity (Wildman–Crippen MR) is 66.9 cm³/mol. The number of carbonyl (C=O) groups is 1. The van der Waals surface area contributed by atoms with Gasteiger partial charge in [-0.25, -0.2) is 9.78 Å². The molecule has 0 aromatic carbocycles. The van der Waals surface area contributed by atoms with Crippen LogP contribution in [0, 0.1) is 6.92 Å². The fourth-order valence-electron chi connectivity index (χ4n) is 2.08. The van der Waals surface area contributed by atoms with Gasteiger partial charge in [0, 0.05) is 33.2 Å². The van der Waals surface area contributed by atoms with Gasteiger partial charge >= 0.3 is 5.97 Å². The molecule has 1 fully saturated rings. The average molecular weight is 271 g/mol. The third-order valence-electron chi connectivity index (χ3n) is 3.25. The van der Waals surface area contributed by atoms with Crippen LogP contribution in [-0.2, 0) is 19.8 Å². The van der Waals surface area contributed by atoms with Crippen molar-refractivity contribution in [3.8, 4) is 0 Å².